The van der Waals surface area contributed by atoms with Crippen LogP contribution in [0.5, 0.6) is 11.6 Å². The molecule has 7 nitrogen and oxygen atoms in total. The fourth-order valence-electron chi connectivity index (χ4n) is 3.69. The summed E-state index contributed by atoms with van der Waals surface area (Å²) in [7, 11) is 3.25. The van der Waals surface area contributed by atoms with Gasteiger partial charge in [-0.15, -0.1) is 0 Å². The fraction of sp³-hybridized carbons (Fsp3) is 0.250. The molecule has 4 rings (SSSR count). The molecular weight excluding hydrogens is 392 g/mol. The molecule has 1 fully saturated rings. The smallest absolute Gasteiger partial charge is 0.255 e. The largest absolute Gasteiger partial charge is 0.497 e. The summed E-state index contributed by atoms with van der Waals surface area (Å²) < 4.78 is 10.5. The third kappa shape index (κ3) is 4.71. The number of pyridine rings is 1. The summed E-state index contributed by atoms with van der Waals surface area (Å²) in [5.74, 6) is 1.24. The number of nitrogens with one attached hydrogen (secondary N) is 1. The third-order valence-corrected chi connectivity index (χ3v) is 5.41. The first kappa shape index (κ1) is 20.5. The lowest BCUT2D eigenvalue weighted by atomic mass is 10.2. The average Bonchev–Trinajstić information content (AvgIpc) is 2.84. The number of hydrogen-bond acceptors (Lipinski definition) is 6. The van der Waals surface area contributed by atoms with Gasteiger partial charge in [0.2, 0.25) is 5.88 Å². The van der Waals surface area contributed by atoms with Crippen LogP contribution in [0.2, 0.25) is 0 Å². The number of aromatic nitrogens is 1. The number of ether oxygens (including phenoxy) is 2. The van der Waals surface area contributed by atoms with E-state index in [-0.39, 0.29) is 5.91 Å². The molecule has 7 heteroatoms. The lowest BCUT2D eigenvalue weighted by Crippen LogP contribution is -2.46. The van der Waals surface area contributed by atoms with Crippen molar-refractivity contribution in [2.45, 2.75) is 0 Å². The van der Waals surface area contributed by atoms with Gasteiger partial charge in [0.25, 0.3) is 5.91 Å². The minimum Gasteiger partial charge on any atom is -0.497 e. The second kappa shape index (κ2) is 9.38. The predicted octanol–water partition coefficient (Wildman–Crippen LogP) is 3.68. The topological polar surface area (TPSA) is 66.9 Å². The number of amides is 1. The van der Waals surface area contributed by atoms with E-state index >= 15 is 0 Å². The maximum atomic E-state index is 12.4. The summed E-state index contributed by atoms with van der Waals surface area (Å²) in [5.41, 5.74) is 3.52. The highest BCUT2D eigenvalue weighted by atomic mass is 16.5. The zero-order valence-corrected chi connectivity index (χ0v) is 17.7. The fourth-order valence-corrected chi connectivity index (χ4v) is 3.69. The van der Waals surface area contributed by atoms with Gasteiger partial charge in [-0.25, -0.2) is 4.98 Å². The quantitative estimate of drug-likeness (QED) is 0.659. The molecule has 0 aliphatic carbocycles. The van der Waals surface area contributed by atoms with Gasteiger partial charge in [-0.05, 0) is 60.7 Å². The number of methoxy groups -OCH3 is 2. The Balaban J connectivity index is 1.35. The van der Waals surface area contributed by atoms with Gasteiger partial charge in [-0.3, -0.25) is 4.79 Å². The molecule has 1 N–H and O–H groups in total. The first-order chi connectivity index (χ1) is 15.2. The minimum atomic E-state index is -0.144. The highest BCUT2D eigenvalue weighted by molar-refractivity contribution is 6.04. The number of carbonyl (C=O) groups excluding carboxylic acids is 1. The van der Waals surface area contributed by atoms with Crippen molar-refractivity contribution in [2.24, 2.45) is 0 Å². The maximum absolute atomic E-state index is 12.4. The molecule has 0 radical (unpaired) electrons. The van der Waals surface area contributed by atoms with Crippen LogP contribution >= 0.6 is 0 Å². The van der Waals surface area contributed by atoms with Crippen molar-refractivity contribution in [3.8, 4) is 11.6 Å². The Morgan fingerprint density at radius 1 is 0.871 bits per heavy atom. The van der Waals surface area contributed by atoms with Crippen LogP contribution in [0.4, 0.5) is 17.1 Å². The van der Waals surface area contributed by atoms with Gasteiger partial charge in [0.15, 0.2) is 0 Å². The first-order valence-corrected chi connectivity index (χ1v) is 10.2. The number of anilines is 3. The van der Waals surface area contributed by atoms with Crippen LogP contribution in [0.1, 0.15) is 10.4 Å². The first-order valence-electron chi connectivity index (χ1n) is 10.2. The molecule has 2 aromatic carbocycles. The molecule has 0 spiro atoms. The molecule has 3 aromatic rings. The Morgan fingerprint density at radius 2 is 1.55 bits per heavy atom. The summed E-state index contributed by atoms with van der Waals surface area (Å²) in [5, 5.41) is 2.94. The molecule has 0 unspecified atom stereocenters. The van der Waals surface area contributed by atoms with Crippen molar-refractivity contribution >= 4 is 23.0 Å². The van der Waals surface area contributed by atoms with E-state index in [1.165, 1.54) is 0 Å². The zero-order valence-electron chi connectivity index (χ0n) is 17.7. The van der Waals surface area contributed by atoms with Crippen LogP contribution < -0.4 is 24.6 Å². The van der Waals surface area contributed by atoms with E-state index in [2.05, 4.69) is 20.1 Å². The third-order valence-electron chi connectivity index (χ3n) is 5.41. The van der Waals surface area contributed by atoms with Crippen molar-refractivity contribution < 1.29 is 14.3 Å². The molecule has 31 heavy (non-hydrogen) atoms. The number of hydrogen-bond donors (Lipinski definition) is 1. The van der Waals surface area contributed by atoms with Crippen molar-refractivity contribution in [3.05, 3.63) is 72.4 Å². The number of nitrogens with zero attached hydrogens (tertiary/aromatic N) is 3. The molecule has 1 saturated heterocycles. The highest BCUT2D eigenvalue weighted by Gasteiger charge is 2.20. The van der Waals surface area contributed by atoms with Crippen LogP contribution in [-0.4, -0.2) is 51.3 Å². The minimum absolute atomic E-state index is 0.144. The summed E-state index contributed by atoms with van der Waals surface area (Å²) >= 11 is 0. The summed E-state index contributed by atoms with van der Waals surface area (Å²) in [6.45, 7) is 3.57. The molecule has 160 valence electrons. The van der Waals surface area contributed by atoms with Gasteiger partial charge in [-0.2, -0.15) is 0 Å². The summed E-state index contributed by atoms with van der Waals surface area (Å²) in [6, 6.07) is 19.0. The van der Waals surface area contributed by atoms with E-state index in [0.717, 1.165) is 49.0 Å². The van der Waals surface area contributed by atoms with Crippen LogP contribution in [0.25, 0.3) is 0 Å². The zero-order chi connectivity index (χ0) is 21.6. The normalized spacial score (nSPS) is 13.6. The van der Waals surface area contributed by atoms with E-state index in [9.17, 15) is 4.79 Å². The summed E-state index contributed by atoms with van der Waals surface area (Å²) in [4.78, 5) is 21.4. The van der Waals surface area contributed by atoms with Crippen molar-refractivity contribution in [3.63, 3.8) is 0 Å². The Kier molecular flexibility index (Phi) is 6.21. The number of piperazine rings is 1. The van der Waals surface area contributed by atoms with Gasteiger partial charge in [-0.1, -0.05) is 0 Å². The summed E-state index contributed by atoms with van der Waals surface area (Å²) in [6.07, 6.45) is 1.74. The number of carbonyl (C=O) groups is 1. The Morgan fingerprint density at radius 3 is 2.19 bits per heavy atom. The van der Waals surface area contributed by atoms with Crippen molar-refractivity contribution in [1.82, 2.24) is 4.98 Å². The molecule has 1 aliphatic rings. The molecule has 1 aliphatic heterocycles. The molecule has 1 amide bonds. The van der Waals surface area contributed by atoms with Gasteiger partial charge < -0.3 is 24.6 Å². The van der Waals surface area contributed by atoms with Crippen molar-refractivity contribution in [1.29, 1.82) is 0 Å². The van der Waals surface area contributed by atoms with E-state index < -0.39 is 0 Å². The van der Waals surface area contributed by atoms with Crippen LogP contribution in [0, 0.1) is 0 Å². The van der Waals surface area contributed by atoms with E-state index in [4.69, 9.17) is 9.47 Å². The van der Waals surface area contributed by atoms with Crippen molar-refractivity contribution in [2.75, 3.05) is 55.5 Å². The SMILES string of the molecule is COc1ccc(C(=O)Nc2ccc(N3CCN(c4cccnc4OC)CC3)cc2)cc1. The second-order valence-corrected chi connectivity index (χ2v) is 7.24. The monoisotopic (exact) mass is 418 g/mol. The average molecular weight is 418 g/mol. The van der Waals surface area contributed by atoms with E-state index in [0.29, 0.717) is 11.4 Å². The van der Waals surface area contributed by atoms with Gasteiger partial charge in [0.05, 0.1) is 19.9 Å². The van der Waals surface area contributed by atoms with Crippen LogP contribution in [0.15, 0.2) is 66.9 Å². The molecule has 0 atom stereocenters. The Bertz CT molecular complexity index is 1010. The molecular formula is C24H26N4O3. The van der Waals surface area contributed by atoms with Crippen LogP contribution in [-0.2, 0) is 0 Å². The molecule has 2 heterocycles. The number of rotatable bonds is 6. The van der Waals surface area contributed by atoms with Crippen LogP contribution in [0.3, 0.4) is 0 Å². The highest BCUT2D eigenvalue weighted by Crippen LogP contribution is 2.27. The predicted molar refractivity (Wildman–Crippen MR) is 123 cm³/mol. The lowest BCUT2D eigenvalue weighted by molar-refractivity contribution is 0.102. The van der Waals surface area contributed by atoms with Gasteiger partial charge in [0.1, 0.15) is 5.75 Å². The lowest BCUT2D eigenvalue weighted by Gasteiger charge is -2.37. The second-order valence-electron chi connectivity index (χ2n) is 7.24. The standard InChI is InChI=1S/C24H26N4O3/c1-30-21-11-5-18(6-12-21)23(29)26-19-7-9-20(10-8-19)27-14-16-28(17-15-27)22-4-3-13-25-24(22)31-2/h3-13H,14-17H2,1-2H3,(H,26,29). The van der Waals surface area contributed by atoms with Gasteiger partial charge in [0, 0.05) is 49.3 Å². The van der Waals surface area contributed by atoms with E-state index in [1.807, 2.05) is 36.4 Å². The number of benzene rings is 2. The van der Waals surface area contributed by atoms with Gasteiger partial charge >= 0.3 is 0 Å². The Labute approximate surface area is 182 Å². The molecule has 1 aromatic heterocycles. The molecule has 0 bridgehead atoms. The molecule has 0 saturated carbocycles. The maximum Gasteiger partial charge on any atom is 0.255 e. The Hall–Kier alpha value is -3.74. The van der Waals surface area contributed by atoms with E-state index in [1.54, 1.807) is 44.7 Å².